The molecule has 0 atom stereocenters. The first-order chi connectivity index (χ1) is 12.7. The van der Waals surface area contributed by atoms with Crippen molar-refractivity contribution in [3.8, 4) is 0 Å². The van der Waals surface area contributed by atoms with Crippen molar-refractivity contribution < 1.29 is 4.74 Å². The summed E-state index contributed by atoms with van der Waals surface area (Å²) >= 11 is 0. The highest BCUT2D eigenvalue weighted by molar-refractivity contribution is 5.47. The topological polar surface area (TPSA) is 9.23 Å². The lowest BCUT2D eigenvalue weighted by Gasteiger charge is -2.36. The molecule has 0 bridgehead atoms. The van der Waals surface area contributed by atoms with Crippen molar-refractivity contribution in [2.24, 2.45) is 0 Å². The van der Waals surface area contributed by atoms with Crippen LogP contribution in [0.2, 0.25) is 0 Å². The lowest BCUT2D eigenvalue weighted by molar-refractivity contribution is 0.0156. The van der Waals surface area contributed by atoms with E-state index in [0.717, 1.165) is 23.1 Å². The molecule has 132 valence electrons. The maximum atomic E-state index is 6.69. The Kier molecular flexibility index (Phi) is 6.04. The Labute approximate surface area is 157 Å². The van der Waals surface area contributed by atoms with Crippen LogP contribution in [0.15, 0.2) is 103 Å². The van der Waals surface area contributed by atoms with Crippen LogP contribution < -0.4 is 0 Å². The van der Waals surface area contributed by atoms with Crippen molar-refractivity contribution in [3.05, 3.63) is 119 Å². The van der Waals surface area contributed by atoms with E-state index in [0.29, 0.717) is 6.61 Å². The van der Waals surface area contributed by atoms with E-state index in [4.69, 9.17) is 4.74 Å². The molecule has 1 nitrogen and oxygen atoms in total. The van der Waals surface area contributed by atoms with Crippen molar-refractivity contribution in [1.29, 1.82) is 0 Å². The van der Waals surface area contributed by atoms with Crippen LogP contribution in [0, 0.1) is 0 Å². The number of ether oxygens (including phenoxy) is 1. The number of benzene rings is 3. The molecule has 3 aromatic rings. The summed E-state index contributed by atoms with van der Waals surface area (Å²) in [6.45, 7) is 4.90. The number of hydrogen-bond acceptors (Lipinski definition) is 1. The summed E-state index contributed by atoms with van der Waals surface area (Å²) in [5.74, 6) is 0. The predicted octanol–water partition coefficient (Wildman–Crippen LogP) is 6.35. The first-order valence-corrected chi connectivity index (χ1v) is 9.17. The van der Waals surface area contributed by atoms with Gasteiger partial charge in [-0.25, -0.2) is 0 Å². The molecule has 0 aliphatic carbocycles. The Morgan fingerprint density at radius 1 is 0.692 bits per heavy atom. The van der Waals surface area contributed by atoms with E-state index in [9.17, 15) is 0 Å². The van der Waals surface area contributed by atoms with Gasteiger partial charge in [0.05, 0.1) is 6.61 Å². The smallest absolute Gasteiger partial charge is 0.143 e. The van der Waals surface area contributed by atoms with Crippen molar-refractivity contribution in [1.82, 2.24) is 0 Å². The highest BCUT2D eigenvalue weighted by Gasteiger charge is 2.37. The Hall–Kier alpha value is -2.64. The van der Waals surface area contributed by atoms with E-state index in [1.54, 1.807) is 0 Å². The summed E-state index contributed by atoms with van der Waals surface area (Å²) in [6, 6.07) is 31.5. The van der Waals surface area contributed by atoms with Crippen LogP contribution in [0.25, 0.3) is 0 Å². The van der Waals surface area contributed by atoms with Gasteiger partial charge in [-0.15, -0.1) is 0 Å². The molecule has 3 rings (SSSR count). The van der Waals surface area contributed by atoms with Gasteiger partial charge in [-0.05, 0) is 37.0 Å². The van der Waals surface area contributed by atoms with Crippen LogP contribution >= 0.6 is 0 Å². The molecule has 0 fully saturated rings. The van der Waals surface area contributed by atoms with E-state index >= 15 is 0 Å². The molecule has 26 heavy (non-hydrogen) atoms. The third kappa shape index (κ3) is 3.95. The summed E-state index contributed by atoms with van der Waals surface area (Å²) < 4.78 is 6.69. The SMILES string of the molecule is CC(C)=CCCOC(c1ccccc1)(c1ccccc1)c1ccccc1. The Balaban J connectivity index is 2.13. The van der Waals surface area contributed by atoms with Crippen LogP contribution in [-0.4, -0.2) is 6.61 Å². The molecule has 0 heterocycles. The predicted molar refractivity (Wildman–Crippen MR) is 109 cm³/mol. The van der Waals surface area contributed by atoms with Crippen LogP contribution in [0.4, 0.5) is 0 Å². The Bertz CT molecular complexity index is 719. The molecular formula is C25H26O. The second-order valence-corrected chi connectivity index (χ2v) is 6.70. The zero-order valence-corrected chi connectivity index (χ0v) is 15.6. The molecule has 0 spiro atoms. The quantitative estimate of drug-likeness (QED) is 0.276. The Morgan fingerprint density at radius 3 is 1.42 bits per heavy atom. The first-order valence-electron chi connectivity index (χ1n) is 9.17. The van der Waals surface area contributed by atoms with Gasteiger partial charge in [0.2, 0.25) is 0 Å². The van der Waals surface area contributed by atoms with E-state index < -0.39 is 5.60 Å². The standard InChI is InChI=1S/C25H26O/c1-21(2)13-12-20-26-25(22-14-6-3-7-15-22,23-16-8-4-9-17-23)24-18-10-5-11-19-24/h3-11,13-19H,12,20H2,1-2H3. The van der Waals surface area contributed by atoms with Crippen molar-refractivity contribution in [3.63, 3.8) is 0 Å². The van der Waals surface area contributed by atoms with Gasteiger partial charge >= 0.3 is 0 Å². The minimum Gasteiger partial charge on any atom is -0.361 e. The van der Waals surface area contributed by atoms with Gasteiger partial charge < -0.3 is 4.74 Å². The van der Waals surface area contributed by atoms with Gasteiger partial charge in [-0.3, -0.25) is 0 Å². The zero-order chi connectivity index (χ0) is 18.2. The largest absolute Gasteiger partial charge is 0.361 e. The molecular weight excluding hydrogens is 316 g/mol. The minimum absolute atomic E-state index is 0.612. The van der Waals surface area contributed by atoms with Gasteiger partial charge in [0.1, 0.15) is 5.60 Å². The maximum Gasteiger partial charge on any atom is 0.143 e. The Morgan fingerprint density at radius 2 is 1.08 bits per heavy atom. The molecule has 0 amide bonds. The molecule has 0 N–H and O–H groups in total. The van der Waals surface area contributed by atoms with Gasteiger partial charge in [0.15, 0.2) is 0 Å². The van der Waals surface area contributed by atoms with Gasteiger partial charge in [-0.1, -0.05) is 103 Å². The fraction of sp³-hybridized carbons (Fsp3) is 0.200. The molecule has 0 saturated heterocycles. The fourth-order valence-corrected chi connectivity index (χ4v) is 3.33. The molecule has 0 aliphatic heterocycles. The summed E-state index contributed by atoms with van der Waals surface area (Å²) in [7, 11) is 0. The average molecular weight is 342 g/mol. The lowest BCUT2D eigenvalue weighted by atomic mass is 9.80. The first kappa shape index (κ1) is 18.2. The summed E-state index contributed by atoms with van der Waals surface area (Å²) in [5.41, 5.74) is 4.15. The summed E-state index contributed by atoms with van der Waals surface area (Å²) in [4.78, 5) is 0. The van der Waals surface area contributed by atoms with Gasteiger partial charge in [0.25, 0.3) is 0 Å². The second kappa shape index (κ2) is 8.64. The third-order valence-electron chi connectivity index (χ3n) is 4.53. The lowest BCUT2D eigenvalue weighted by Crippen LogP contribution is -2.33. The zero-order valence-electron chi connectivity index (χ0n) is 15.6. The highest BCUT2D eigenvalue weighted by Crippen LogP contribution is 2.40. The number of rotatable bonds is 7. The maximum absolute atomic E-state index is 6.69. The van der Waals surface area contributed by atoms with E-state index in [1.807, 2.05) is 18.2 Å². The van der Waals surface area contributed by atoms with E-state index in [-0.39, 0.29) is 0 Å². The molecule has 0 radical (unpaired) electrons. The highest BCUT2D eigenvalue weighted by atomic mass is 16.5. The molecule has 0 aromatic heterocycles. The molecule has 0 unspecified atom stereocenters. The normalized spacial score (nSPS) is 11.2. The minimum atomic E-state index is -0.612. The van der Waals surface area contributed by atoms with Gasteiger partial charge in [0, 0.05) is 0 Å². The third-order valence-corrected chi connectivity index (χ3v) is 4.53. The van der Waals surface area contributed by atoms with Crippen molar-refractivity contribution >= 4 is 0 Å². The number of allylic oxidation sites excluding steroid dienone is 1. The van der Waals surface area contributed by atoms with Crippen molar-refractivity contribution in [2.45, 2.75) is 25.9 Å². The van der Waals surface area contributed by atoms with Gasteiger partial charge in [-0.2, -0.15) is 0 Å². The van der Waals surface area contributed by atoms with Crippen LogP contribution in [-0.2, 0) is 10.3 Å². The molecule has 0 aliphatic rings. The van der Waals surface area contributed by atoms with Crippen LogP contribution in [0.3, 0.4) is 0 Å². The molecule has 3 aromatic carbocycles. The van der Waals surface area contributed by atoms with Crippen molar-refractivity contribution in [2.75, 3.05) is 6.61 Å². The molecule has 0 saturated carbocycles. The van der Waals surface area contributed by atoms with Crippen LogP contribution in [0.5, 0.6) is 0 Å². The number of hydrogen-bond donors (Lipinski definition) is 0. The summed E-state index contributed by atoms with van der Waals surface area (Å²) in [6.07, 6.45) is 3.13. The van der Waals surface area contributed by atoms with E-state index in [2.05, 4.69) is 92.7 Å². The summed E-state index contributed by atoms with van der Waals surface area (Å²) in [5, 5.41) is 0. The fourth-order valence-electron chi connectivity index (χ4n) is 3.33. The second-order valence-electron chi connectivity index (χ2n) is 6.70. The monoisotopic (exact) mass is 342 g/mol. The van der Waals surface area contributed by atoms with Crippen LogP contribution in [0.1, 0.15) is 37.0 Å². The molecule has 1 heteroatoms. The van der Waals surface area contributed by atoms with E-state index in [1.165, 1.54) is 5.57 Å². The average Bonchev–Trinajstić information content (AvgIpc) is 2.70.